The number of fused-ring (bicyclic) bond motifs is 2. The quantitative estimate of drug-likeness (QED) is 0.759. The molecular weight excluding hydrogens is 392 g/mol. The highest BCUT2D eigenvalue weighted by molar-refractivity contribution is 5.46. The summed E-state index contributed by atoms with van der Waals surface area (Å²) < 4.78 is 7.30. The summed E-state index contributed by atoms with van der Waals surface area (Å²) in [5, 5.41) is 8.26. The molecule has 1 unspecified atom stereocenters. The highest BCUT2D eigenvalue weighted by Gasteiger charge is 2.24. The fraction of sp³-hybridized carbons (Fsp3) is 0.652. The van der Waals surface area contributed by atoms with Gasteiger partial charge in [0.15, 0.2) is 0 Å². The second-order valence-corrected chi connectivity index (χ2v) is 8.90. The molecule has 0 spiro atoms. The van der Waals surface area contributed by atoms with Crippen LogP contribution in [0, 0.1) is 0 Å². The molecule has 8 nitrogen and oxygen atoms in total. The van der Waals surface area contributed by atoms with Crippen LogP contribution >= 0.6 is 0 Å². The summed E-state index contributed by atoms with van der Waals surface area (Å²) >= 11 is 0. The van der Waals surface area contributed by atoms with Crippen molar-refractivity contribution in [2.45, 2.75) is 70.6 Å². The maximum absolute atomic E-state index is 12.5. The number of aromatic nitrogens is 4. The van der Waals surface area contributed by atoms with Gasteiger partial charge in [-0.05, 0) is 50.6 Å². The Kier molecular flexibility index (Phi) is 6.27. The molecule has 2 aromatic heterocycles. The first kappa shape index (κ1) is 20.6. The molecule has 1 N–H and O–H groups in total. The van der Waals surface area contributed by atoms with Gasteiger partial charge in [-0.1, -0.05) is 6.42 Å². The summed E-state index contributed by atoms with van der Waals surface area (Å²) in [6, 6.07) is 2.24. The maximum Gasteiger partial charge on any atom is 0.267 e. The van der Waals surface area contributed by atoms with Crippen molar-refractivity contribution >= 4 is 5.82 Å². The molecule has 0 saturated carbocycles. The molecule has 1 aliphatic carbocycles. The Morgan fingerprint density at radius 3 is 2.97 bits per heavy atom. The van der Waals surface area contributed by atoms with E-state index in [-0.39, 0.29) is 5.56 Å². The summed E-state index contributed by atoms with van der Waals surface area (Å²) in [7, 11) is 0. The van der Waals surface area contributed by atoms with E-state index in [9.17, 15) is 4.79 Å². The van der Waals surface area contributed by atoms with Gasteiger partial charge in [0.05, 0.1) is 31.1 Å². The van der Waals surface area contributed by atoms with Gasteiger partial charge in [-0.25, -0.2) is 14.6 Å². The van der Waals surface area contributed by atoms with Crippen LogP contribution in [0.25, 0.3) is 0 Å². The molecule has 1 saturated heterocycles. The van der Waals surface area contributed by atoms with Crippen LogP contribution in [0.5, 0.6) is 0 Å². The largest absolute Gasteiger partial charge is 0.376 e. The Morgan fingerprint density at radius 1 is 1.06 bits per heavy atom. The second kappa shape index (κ2) is 9.44. The minimum Gasteiger partial charge on any atom is -0.376 e. The molecule has 0 radical (unpaired) electrons. The van der Waals surface area contributed by atoms with E-state index in [1.165, 1.54) is 25.7 Å². The number of rotatable bonds is 6. The standard InChI is InChI=1S/C23H32N6O2/c30-22-13-17-5-1-2-7-20(17)27-29(22)11-10-28-9-4-3-6-18(28)14-24-23-19-15-31-12-8-21(19)25-16-26-23/h13,16,18H,1-12,14-15H2,(H,24,25,26). The van der Waals surface area contributed by atoms with E-state index < -0.39 is 0 Å². The summed E-state index contributed by atoms with van der Waals surface area (Å²) in [5.74, 6) is 0.905. The molecule has 2 aromatic rings. The predicted molar refractivity (Wildman–Crippen MR) is 118 cm³/mol. The van der Waals surface area contributed by atoms with Gasteiger partial charge < -0.3 is 10.1 Å². The van der Waals surface area contributed by atoms with Crippen molar-refractivity contribution in [2.75, 3.05) is 31.6 Å². The number of piperidine rings is 1. The summed E-state index contributed by atoms with van der Waals surface area (Å²) in [6.45, 7) is 4.73. The molecule has 3 aliphatic rings. The number of nitrogens with one attached hydrogen (secondary N) is 1. The van der Waals surface area contributed by atoms with E-state index in [0.717, 1.165) is 80.3 Å². The van der Waals surface area contributed by atoms with Gasteiger partial charge in [0.1, 0.15) is 12.1 Å². The fourth-order valence-electron chi connectivity index (χ4n) is 5.10. The lowest BCUT2D eigenvalue weighted by molar-refractivity contribution is 0.109. The van der Waals surface area contributed by atoms with Crippen LogP contribution in [-0.2, 0) is 37.2 Å². The molecule has 2 aliphatic heterocycles. The third-order valence-corrected chi connectivity index (χ3v) is 6.89. The third kappa shape index (κ3) is 4.65. The van der Waals surface area contributed by atoms with Crippen LogP contribution in [-0.4, -0.2) is 56.9 Å². The van der Waals surface area contributed by atoms with E-state index >= 15 is 0 Å². The van der Waals surface area contributed by atoms with Crippen molar-refractivity contribution in [2.24, 2.45) is 0 Å². The Bertz CT molecular complexity index is 975. The Morgan fingerprint density at radius 2 is 2.00 bits per heavy atom. The zero-order valence-corrected chi connectivity index (χ0v) is 18.2. The summed E-state index contributed by atoms with van der Waals surface area (Å²) in [4.78, 5) is 23.9. The highest BCUT2D eigenvalue weighted by Crippen LogP contribution is 2.23. The van der Waals surface area contributed by atoms with E-state index in [1.807, 2.05) is 6.07 Å². The van der Waals surface area contributed by atoms with Crippen molar-refractivity contribution in [3.63, 3.8) is 0 Å². The van der Waals surface area contributed by atoms with Gasteiger partial charge in [0, 0.05) is 37.2 Å². The predicted octanol–water partition coefficient (Wildman–Crippen LogP) is 1.95. The number of anilines is 1. The average molecular weight is 425 g/mol. The number of aryl methyl sites for hydroxylation is 2. The Labute approximate surface area is 183 Å². The lowest BCUT2D eigenvalue weighted by Crippen LogP contribution is -2.46. The SMILES string of the molecule is O=c1cc2c(nn1CCN1CCCCC1CNc1ncnc3c1COCC3)CCCC2. The van der Waals surface area contributed by atoms with Crippen molar-refractivity contribution in [3.8, 4) is 0 Å². The normalized spacial score (nSPS) is 21.4. The van der Waals surface area contributed by atoms with Crippen molar-refractivity contribution in [1.29, 1.82) is 0 Å². The summed E-state index contributed by atoms with van der Waals surface area (Å²) in [5.41, 5.74) is 4.52. The van der Waals surface area contributed by atoms with Crippen LogP contribution in [0.2, 0.25) is 0 Å². The van der Waals surface area contributed by atoms with Crippen molar-refractivity contribution in [3.05, 3.63) is 45.3 Å². The van der Waals surface area contributed by atoms with E-state index in [0.29, 0.717) is 19.2 Å². The molecule has 31 heavy (non-hydrogen) atoms. The number of ether oxygens (including phenoxy) is 1. The van der Waals surface area contributed by atoms with Gasteiger partial charge in [0.2, 0.25) is 0 Å². The first-order valence-corrected chi connectivity index (χ1v) is 11.8. The molecule has 1 atom stereocenters. The van der Waals surface area contributed by atoms with E-state index in [2.05, 4.69) is 20.2 Å². The smallest absolute Gasteiger partial charge is 0.267 e. The summed E-state index contributed by atoms with van der Waals surface area (Å²) in [6.07, 6.45) is 10.4. The number of hydrogen-bond acceptors (Lipinski definition) is 7. The number of nitrogens with zero attached hydrogens (tertiary/aromatic N) is 5. The fourth-order valence-corrected chi connectivity index (χ4v) is 5.10. The zero-order valence-electron chi connectivity index (χ0n) is 18.2. The van der Waals surface area contributed by atoms with Crippen molar-refractivity contribution < 1.29 is 4.74 Å². The van der Waals surface area contributed by atoms with Crippen LogP contribution in [0.1, 0.15) is 54.6 Å². The van der Waals surface area contributed by atoms with E-state index in [1.54, 1.807) is 11.0 Å². The number of likely N-dealkylation sites (tertiary alicyclic amines) is 1. The molecule has 8 heteroatoms. The van der Waals surface area contributed by atoms with Crippen LogP contribution < -0.4 is 10.9 Å². The zero-order chi connectivity index (χ0) is 21.0. The van der Waals surface area contributed by atoms with Gasteiger partial charge in [-0.15, -0.1) is 0 Å². The molecule has 0 aromatic carbocycles. The molecule has 166 valence electrons. The first-order chi connectivity index (χ1) is 15.3. The van der Waals surface area contributed by atoms with Crippen molar-refractivity contribution in [1.82, 2.24) is 24.6 Å². The molecule has 1 fully saturated rings. The first-order valence-electron chi connectivity index (χ1n) is 11.8. The minimum absolute atomic E-state index is 0.0416. The third-order valence-electron chi connectivity index (χ3n) is 6.89. The van der Waals surface area contributed by atoms with Crippen LogP contribution in [0.3, 0.4) is 0 Å². The lowest BCUT2D eigenvalue weighted by atomic mass is 9.97. The van der Waals surface area contributed by atoms with Crippen LogP contribution in [0.15, 0.2) is 17.2 Å². The molecule has 5 rings (SSSR count). The average Bonchev–Trinajstić information content (AvgIpc) is 2.82. The molecule has 4 heterocycles. The Hall–Kier alpha value is -2.32. The maximum atomic E-state index is 12.5. The minimum atomic E-state index is 0.0416. The monoisotopic (exact) mass is 424 g/mol. The van der Waals surface area contributed by atoms with Gasteiger partial charge in [-0.3, -0.25) is 9.69 Å². The van der Waals surface area contributed by atoms with Gasteiger partial charge >= 0.3 is 0 Å². The topological polar surface area (TPSA) is 85.2 Å². The second-order valence-electron chi connectivity index (χ2n) is 8.90. The Balaban J connectivity index is 1.23. The van der Waals surface area contributed by atoms with Crippen LogP contribution in [0.4, 0.5) is 5.82 Å². The highest BCUT2D eigenvalue weighted by atomic mass is 16.5. The molecule has 0 amide bonds. The molecule has 0 bridgehead atoms. The lowest BCUT2D eigenvalue weighted by Gasteiger charge is -2.36. The van der Waals surface area contributed by atoms with E-state index in [4.69, 9.17) is 9.84 Å². The molecular formula is C23H32N6O2. The van der Waals surface area contributed by atoms with Gasteiger partial charge in [-0.2, -0.15) is 5.10 Å². The van der Waals surface area contributed by atoms with Gasteiger partial charge in [0.25, 0.3) is 5.56 Å². The number of hydrogen-bond donors (Lipinski definition) is 1.